The van der Waals surface area contributed by atoms with E-state index in [-0.39, 0.29) is 5.92 Å². The van der Waals surface area contributed by atoms with Gasteiger partial charge in [0.1, 0.15) is 5.60 Å². The van der Waals surface area contributed by atoms with Crippen LogP contribution < -0.4 is 5.73 Å². The van der Waals surface area contributed by atoms with Crippen molar-refractivity contribution in [1.29, 1.82) is 0 Å². The third-order valence-electron chi connectivity index (χ3n) is 2.29. The number of nitrogens with two attached hydrogens (primary N) is 1. The Morgan fingerprint density at radius 2 is 2.08 bits per heavy atom. The van der Waals surface area contributed by atoms with Gasteiger partial charge < -0.3 is 10.8 Å². The average molecular weight is 173 g/mol. The summed E-state index contributed by atoms with van der Waals surface area (Å²) in [5.41, 5.74) is 3.81. The highest BCUT2D eigenvalue weighted by Crippen LogP contribution is 2.22. The van der Waals surface area contributed by atoms with Crippen LogP contribution in [0.3, 0.4) is 0 Å². The molecule has 12 heavy (non-hydrogen) atoms. The van der Waals surface area contributed by atoms with Gasteiger partial charge in [0.15, 0.2) is 0 Å². The highest BCUT2D eigenvalue weighted by molar-refractivity contribution is 5.83. The van der Waals surface area contributed by atoms with Crippen LogP contribution in [0.5, 0.6) is 0 Å². The van der Waals surface area contributed by atoms with Crippen LogP contribution in [0.2, 0.25) is 0 Å². The van der Waals surface area contributed by atoms with Crippen molar-refractivity contribution in [2.75, 3.05) is 0 Å². The van der Waals surface area contributed by atoms with E-state index in [2.05, 4.69) is 0 Å². The predicted molar refractivity (Wildman–Crippen MR) is 48.5 cm³/mol. The molecule has 0 aromatic rings. The zero-order valence-corrected chi connectivity index (χ0v) is 8.13. The Labute approximate surface area is 74.0 Å². The monoisotopic (exact) mass is 173 g/mol. The summed E-state index contributed by atoms with van der Waals surface area (Å²) in [7, 11) is 0. The lowest BCUT2D eigenvalue weighted by Crippen LogP contribution is -2.48. The average Bonchev–Trinajstić information content (AvgIpc) is 1.99. The Balaban J connectivity index is 4.29. The van der Waals surface area contributed by atoms with Gasteiger partial charge in [-0.2, -0.15) is 0 Å². The summed E-state index contributed by atoms with van der Waals surface area (Å²) >= 11 is 0. The molecule has 0 aliphatic carbocycles. The maximum Gasteiger partial charge on any atom is 0.249 e. The highest BCUT2D eigenvalue weighted by Gasteiger charge is 2.36. The number of aliphatic hydroxyl groups is 1. The van der Waals surface area contributed by atoms with E-state index < -0.39 is 11.5 Å². The van der Waals surface area contributed by atoms with E-state index in [1.165, 1.54) is 0 Å². The van der Waals surface area contributed by atoms with Crippen molar-refractivity contribution < 1.29 is 9.90 Å². The van der Waals surface area contributed by atoms with Crippen LogP contribution in [-0.4, -0.2) is 16.6 Å². The Hall–Kier alpha value is -0.570. The van der Waals surface area contributed by atoms with Crippen LogP contribution in [0.15, 0.2) is 0 Å². The van der Waals surface area contributed by atoms with Crippen molar-refractivity contribution in [2.45, 2.75) is 45.6 Å². The van der Waals surface area contributed by atoms with Gasteiger partial charge >= 0.3 is 0 Å². The van der Waals surface area contributed by atoms with E-state index in [0.29, 0.717) is 6.42 Å². The first-order valence-corrected chi connectivity index (χ1v) is 4.47. The molecule has 72 valence electrons. The molecule has 3 N–H and O–H groups in total. The molecule has 0 saturated heterocycles. The topological polar surface area (TPSA) is 63.3 Å². The minimum absolute atomic E-state index is 0.110. The van der Waals surface area contributed by atoms with Crippen molar-refractivity contribution in [3.8, 4) is 0 Å². The maximum atomic E-state index is 10.9. The quantitative estimate of drug-likeness (QED) is 0.652. The Bertz CT molecular complexity index is 157. The Morgan fingerprint density at radius 1 is 1.58 bits per heavy atom. The maximum absolute atomic E-state index is 10.9. The molecule has 0 rings (SSSR count). The molecule has 0 bridgehead atoms. The molecule has 0 heterocycles. The largest absolute Gasteiger partial charge is 0.380 e. The highest BCUT2D eigenvalue weighted by atomic mass is 16.3. The van der Waals surface area contributed by atoms with Crippen molar-refractivity contribution in [2.24, 2.45) is 11.7 Å². The minimum Gasteiger partial charge on any atom is -0.380 e. The SMILES string of the molecule is CCCC[C@@](O)(C(N)=O)C(C)C. The van der Waals surface area contributed by atoms with Crippen LogP contribution in [-0.2, 0) is 4.79 Å². The van der Waals surface area contributed by atoms with Gasteiger partial charge in [0.2, 0.25) is 5.91 Å². The first kappa shape index (κ1) is 11.4. The van der Waals surface area contributed by atoms with Crippen molar-refractivity contribution in [3.05, 3.63) is 0 Å². The normalized spacial score (nSPS) is 16.1. The van der Waals surface area contributed by atoms with Gasteiger partial charge in [-0.15, -0.1) is 0 Å². The first-order chi connectivity index (χ1) is 5.45. The number of rotatable bonds is 5. The van der Waals surface area contributed by atoms with E-state index in [4.69, 9.17) is 5.73 Å². The molecular formula is C9H19NO2. The fourth-order valence-electron chi connectivity index (χ4n) is 1.14. The van der Waals surface area contributed by atoms with Gasteiger partial charge in [0.25, 0.3) is 0 Å². The number of carbonyl (C=O) groups excluding carboxylic acids is 1. The van der Waals surface area contributed by atoms with Crippen molar-refractivity contribution in [1.82, 2.24) is 0 Å². The van der Waals surface area contributed by atoms with Crippen molar-refractivity contribution >= 4 is 5.91 Å². The lowest BCUT2D eigenvalue weighted by atomic mass is 9.85. The predicted octanol–water partition coefficient (Wildman–Crippen LogP) is 1.05. The summed E-state index contributed by atoms with van der Waals surface area (Å²) < 4.78 is 0. The standard InChI is InChI=1S/C9H19NO2/c1-4-5-6-9(12,7(2)3)8(10)11/h7,12H,4-6H2,1-3H3,(H2,10,11)/t9-/m0/s1. The van der Waals surface area contributed by atoms with Gasteiger partial charge in [-0.1, -0.05) is 33.6 Å². The summed E-state index contributed by atoms with van der Waals surface area (Å²) in [5, 5.41) is 9.82. The van der Waals surface area contributed by atoms with E-state index in [9.17, 15) is 9.90 Å². The van der Waals surface area contributed by atoms with E-state index in [0.717, 1.165) is 12.8 Å². The van der Waals surface area contributed by atoms with Gasteiger partial charge in [-0.05, 0) is 12.3 Å². The number of hydrogen-bond donors (Lipinski definition) is 2. The summed E-state index contributed by atoms with van der Waals surface area (Å²) in [4.78, 5) is 10.9. The Kier molecular flexibility index (Phi) is 4.24. The second-order valence-corrected chi connectivity index (χ2v) is 3.55. The number of unbranched alkanes of at least 4 members (excludes halogenated alkanes) is 1. The van der Waals surface area contributed by atoms with E-state index >= 15 is 0 Å². The number of hydrogen-bond acceptors (Lipinski definition) is 2. The molecule has 0 saturated carbocycles. The molecule has 0 spiro atoms. The fraction of sp³-hybridized carbons (Fsp3) is 0.889. The number of primary amides is 1. The number of carbonyl (C=O) groups is 1. The smallest absolute Gasteiger partial charge is 0.249 e. The lowest BCUT2D eigenvalue weighted by molar-refractivity contribution is -0.142. The van der Waals surface area contributed by atoms with E-state index in [1.807, 2.05) is 6.92 Å². The van der Waals surface area contributed by atoms with Crippen LogP contribution in [0, 0.1) is 5.92 Å². The summed E-state index contributed by atoms with van der Waals surface area (Å²) in [6.07, 6.45) is 2.26. The third-order valence-corrected chi connectivity index (χ3v) is 2.29. The zero-order chi connectivity index (χ0) is 9.78. The minimum atomic E-state index is -1.31. The molecule has 0 unspecified atom stereocenters. The summed E-state index contributed by atoms with van der Waals surface area (Å²) in [6.45, 7) is 5.63. The van der Waals surface area contributed by atoms with Gasteiger partial charge in [-0.25, -0.2) is 0 Å². The molecule has 1 atom stereocenters. The Morgan fingerprint density at radius 3 is 2.33 bits per heavy atom. The first-order valence-electron chi connectivity index (χ1n) is 4.47. The molecular weight excluding hydrogens is 154 g/mol. The lowest BCUT2D eigenvalue weighted by Gasteiger charge is -2.28. The summed E-state index contributed by atoms with van der Waals surface area (Å²) in [5.74, 6) is -0.715. The van der Waals surface area contributed by atoms with Gasteiger partial charge in [0.05, 0.1) is 0 Å². The molecule has 0 aromatic heterocycles. The number of amides is 1. The van der Waals surface area contributed by atoms with Gasteiger partial charge in [-0.3, -0.25) is 4.79 Å². The second kappa shape index (κ2) is 4.45. The molecule has 0 aromatic carbocycles. The van der Waals surface area contributed by atoms with Crippen molar-refractivity contribution in [3.63, 3.8) is 0 Å². The van der Waals surface area contributed by atoms with Crippen LogP contribution >= 0.6 is 0 Å². The summed E-state index contributed by atoms with van der Waals surface area (Å²) in [6, 6.07) is 0. The zero-order valence-electron chi connectivity index (χ0n) is 8.13. The molecule has 0 radical (unpaired) electrons. The molecule has 3 nitrogen and oxygen atoms in total. The van der Waals surface area contributed by atoms with Crippen LogP contribution in [0.25, 0.3) is 0 Å². The van der Waals surface area contributed by atoms with Crippen LogP contribution in [0.1, 0.15) is 40.0 Å². The molecule has 0 fully saturated rings. The second-order valence-electron chi connectivity index (χ2n) is 3.55. The van der Waals surface area contributed by atoms with Crippen LogP contribution in [0.4, 0.5) is 0 Å². The van der Waals surface area contributed by atoms with Gasteiger partial charge in [0, 0.05) is 0 Å². The molecule has 0 aliphatic rings. The molecule has 0 aliphatic heterocycles. The molecule has 1 amide bonds. The molecule has 3 heteroatoms. The van der Waals surface area contributed by atoms with E-state index in [1.54, 1.807) is 13.8 Å². The fourth-order valence-corrected chi connectivity index (χ4v) is 1.14. The third kappa shape index (κ3) is 2.48.